The van der Waals surface area contributed by atoms with Crippen LogP contribution in [0.5, 0.6) is 0 Å². The zero-order chi connectivity index (χ0) is 14.8. The number of nitrogens with zero attached hydrogens (tertiary/aromatic N) is 1. The molecule has 1 N–H and O–H groups in total. The van der Waals surface area contributed by atoms with Gasteiger partial charge in [-0.25, -0.2) is 13.2 Å². The lowest BCUT2D eigenvalue weighted by Crippen LogP contribution is -2.22. The van der Waals surface area contributed by atoms with Crippen molar-refractivity contribution in [2.75, 3.05) is 19.8 Å². The number of ether oxygens (including phenoxy) is 2. The van der Waals surface area contributed by atoms with Gasteiger partial charge in [0.15, 0.2) is 5.69 Å². The lowest BCUT2D eigenvalue weighted by molar-refractivity contribution is 0.0179. The van der Waals surface area contributed by atoms with Crippen molar-refractivity contribution in [2.24, 2.45) is 5.92 Å². The summed E-state index contributed by atoms with van der Waals surface area (Å²) in [5.41, 5.74) is -0.0948. The third-order valence-electron chi connectivity index (χ3n) is 3.12. The van der Waals surface area contributed by atoms with Gasteiger partial charge in [0.05, 0.1) is 12.3 Å². The summed E-state index contributed by atoms with van der Waals surface area (Å²) in [5, 5.41) is 6.09. The summed E-state index contributed by atoms with van der Waals surface area (Å²) in [6, 6.07) is 0. The molecule has 2 rings (SSSR count). The van der Waals surface area contributed by atoms with Crippen LogP contribution in [0.4, 0.5) is 0 Å². The largest absolute Gasteiger partial charge is 0.461 e. The van der Waals surface area contributed by atoms with Gasteiger partial charge in [-0.15, -0.1) is 0 Å². The van der Waals surface area contributed by atoms with Crippen LogP contribution in [0.2, 0.25) is 0 Å². The second-order valence-corrected chi connectivity index (χ2v) is 7.12. The minimum Gasteiger partial charge on any atom is -0.461 e. The molecule has 112 valence electrons. The highest BCUT2D eigenvalue weighted by atomic mass is 35.7. The number of halogens is 1. The number of H-pyrrole nitrogens is 1. The molecule has 0 radical (unpaired) electrons. The average Bonchev–Trinajstić information content (AvgIpc) is 2.79. The van der Waals surface area contributed by atoms with Crippen LogP contribution in [0.25, 0.3) is 0 Å². The van der Waals surface area contributed by atoms with E-state index in [1.165, 1.54) is 6.92 Å². The van der Waals surface area contributed by atoms with Crippen molar-refractivity contribution in [3.8, 4) is 0 Å². The first kappa shape index (κ1) is 15.3. The number of hydrogen-bond donors (Lipinski definition) is 1. The van der Waals surface area contributed by atoms with E-state index in [1.54, 1.807) is 0 Å². The van der Waals surface area contributed by atoms with E-state index in [1.807, 2.05) is 0 Å². The van der Waals surface area contributed by atoms with Crippen molar-refractivity contribution in [2.45, 2.75) is 24.7 Å². The van der Waals surface area contributed by atoms with Crippen LogP contribution in [0, 0.1) is 12.8 Å². The number of aromatic nitrogens is 2. The Kier molecular flexibility index (Phi) is 4.66. The van der Waals surface area contributed by atoms with Crippen LogP contribution in [0.15, 0.2) is 4.90 Å². The molecular formula is C11H15ClN2O5S. The van der Waals surface area contributed by atoms with Gasteiger partial charge in [0, 0.05) is 23.9 Å². The Hall–Kier alpha value is -1.12. The van der Waals surface area contributed by atoms with Crippen LogP contribution in [0.3, 0.4) is 0 Å². The summed E-state index contributed by atoms with van der Waals surface area (Å²) in [7, 11) is 1.24. The highest BCUT2D eigenvalue weighted by Crippen LogP contribution is 2.23. The highest BCUT2D eigenvalue weighted by Gasteiger charge is 2.28. The Bertz CT molecular complexity index is 592. The lowest BCUT2D eigenvalue weighted by atomic mass is 10.0. The van der Waals surface area contributed by atoms with Gasteiger partial charge in [-0.05, 0) is 25.7 Å². The first-order valence-corrected chi connectivity index (χ1v) is 8.45. The SMILES string of the molecule is Cc1[nH]nc(C(=O)OCC2CCOCC2)c1S(=O)(=O)Cl. The van der Waals surface area contributed by atoms with Crippen molar-refractivity contribution < 1.29 is 22.7 Å². The molecule has 0 amide bonds. The molecule has 0 aromatic carbocycles. The molecule has 0 aliphatic carbocycles. The van der Waals surface area contributed by atoms with Crippen LogP contribution in [-0.2, 0) is 18.5 Å². The van der Waals surface area contributed by atoms with Crippen LogP contribution in [-0.4, -0.2) is 44.4 Å². The molecule has 0 atom stereocenters. The Balaban J connectivity index is 2.06. The maximum atomic E-state index is 11.9. The van der Waals surface area contributed by atoms with Gasteiger partial charge in [-0.3, -0.25) is 5.10 Å². The minimum absolute atomic E-state index is 0.206. The Morgan fingerprint density at radius 2 is 2.15 bits per heavy atom. The summed E-state index contributed by atoms with van der Waals surface area (Å²) < 4.78 is 33.2. The molecule has 0 saturated carbocycles. The number of carbonyl (C=O) groups excluding carboxylic acids is 1. The number of rotatable bonds is 4. The predicted molar refractivity (Wildman–Crippen MR) is 70.2 cm³/mol. The topological polar surface area (TPSA) is 98.3 Å². The van der Waals surface area contributed by atoms with E-state index in [0.717, 1.165) is 12.8 Å². The van der Waals surface area contributed by atoms with Gasteiger partial charge in [-0.2, -0.15) is 5.10 Å². The van der Waals surface area contributed by atoms with Gasteiger partial charge in [0.1, 0.15) is 4.90 Å². The Labute approximate surface area is 121 Å². The molecule has 1 aromatic rings. The van der Waals surface area contributed by atoms with Gasteiger partial charge in [-0.1, -0.05) is 0 Å². The van der Waals surface area contributed by atoms with E-state index in [4.69, 9.17) is 20.2 Å². The van der Waals surface area contributed by atoms with Gasteiger partial charge in [0.25, 0.3) is 9.05 Å². The molecule has 7 nitrogen and oxygen atoms in total. The zero-order valence-electron chi connectivity index (χ0n) is 10.9. The predicted octanol–water partition coefficient (Wildman–Crippen LogP) is 1.23. The fourth-order valence-corrected chi connectivity index (χ4v) is 3.37. The fraction of sp³-hybridized carbons (Fsp3) is 0.636. The molecule has 1 aliphatic rings. The van der Waals surface area contributed by atoms with Gasteiger partial charge in [0.2, 0.25) is 0 Å². The van der Waals surface area contributed by atoms with E-state index in [9.17, 15) is 13.2 Å². The van der Waals surface area contributed by atoms with Crippen molar-refractivity contribution >= 4 is 25.7 Å². The maximum Gasteiger partial charge on any atom is 0.360 e. The molecule has 9 heteroatoms. The average molecular weight is 323 g/mol. The lowest BCUT2D eigenvalue weighted by Gasteiger charge is -2.21. The number of aromatic amines is 1. The van der Waals surface area contributed by atoms with Crippen molar-refractivity contribution in [3.63, 3.8) is 0 Å². The normalized spacial score (nSPS) is 17.1. The second kappa shape index (κ2) is 6.11. The monoisotopic (exact) mass is 322 g/mol. The molecule has 0 unspecified atom stereocenters. The quantitative estimate of drug-likeness (QED) is 0.661. The van der Waals surface area contributed by atoms with Crippen molar-refractivity contribution in [1.82, 2.24) is 10.2 Å². The fourth-order valence-electron chi connectivity index (χ4n) is 2.03. The minimum atomic E-state index is -4.05. The Morgan fingerprint density at radius 3 is 2.75 bits per heavy atom. The third-order valence-corrected chi connectivity index (χ3v) is 4.57. The second-order valence-electron chi connectivity index (χ2n) is 4.62. The Morgan fingerprint density at radius 1 is 1.50 bits per heavy atom. The maximum absolute atomic E-state index is 11.9. The van der Waals surface area contributed by atoms with Crippen LogP contribution >= 0.6 is 10.7 Å². The molecule has 0 bridgehead atoms. The molecule has 20 heavy (non-hydrogen) atoms. The zero-order valence-corrected chi connectivity index (χ0v) is 12.5. The van der Waals surface area contributed by atoms with Gasteiger partial charge >= 0.3 is 5.97 Å². The molecule has 0 spiro atoms. The summed E-state index contributed by atoms with van der Waals surface area (Å²) in [6.45, 7) is 2.98. The van der Waals surface area contributed by atoms with Crippen molar-refractivity contribution in [3.05, 3.63) is 11.4 Å². The van der Waals surface area contributed by atoms with E-state index in [-0.39, 0.29) is 28.8 Å². The molecular weight excluding hydrogens is 308 g/mol. The number of esters is 1. The molecule has 2 heterocycles. The van der Waals surface area contributed by atoms with E-state index in [0.29, 0.717) is 13.2 Å². The smallest absolute Gasteiger partial charge is 0.360 e. The summed E-state index contributed by atoms with van der Waals surface area (Å²) in [5.74, 6) is -0.566. The molecule has 1 aromatic heterocycles. The van der Waals surface area contributed by atoms with Crippen LogP contribution in [0.1, 0.15) is 29.0 Å². The van der Waals surface area contributed by atoms with E-state index < -0.39 is 15.0 Å². The first-order valence-electron chi connectivity index (χ1n) is 6.14. The highest BCUT2D eigenvalue weighted by molar-refractivity contribution is 8.13. The molecule has 1 fully saturated rings. The van der Waals surface area contributed by atoms with Gasteiger partial charge < -0.3 is 9.47 Å². The number of hydrogen-bond acceptors (Lipinski definition) is 6. The standard InChI is InChI=1S/C11H15ClN2O5S/c1-7-10(20(12,16)17)9(14-13-7)11(15)19-6-8-2-4-18-5-3-8/h8H,2-6H2,1H3,(H,13,14). The summed E-state index contributed by atoms with van der Waals surface area (Å²) in [4.78, 5) is 11.6. The number of aryl methyl sites for hydroxylation is 1. The van der Waals surface area contributed by atoms with E-state index in [2.05, 4.69) is 10.2 Å². The van der Waals surface area contributed by atoms with Crippen molar-refractivity contribution in [1.29, 1.82) is 0 Å². The first-order chi connectivity index (χ1) is 9.39. The number of nitrogens with one attached hydrogen (secondary N) is 1. The van der Waals surface area contributed by atoms with E-state index >= 15 is 0 Å². The summed E-state index contributed by atoms with van der Waals surface area (Å²) in [6.07, 6.45) is 1.63. The third kappa shape index (κ3) is 3.50. The van der Waals surface area contributed by atoms with Crippen LogP contribution < -0.4 is 0 Å². The molecule has 1 saturated heterocycles. The summed E-state index contributed by atoms with van der Waals surface area (Å²) >= 11 is 0. The molecule has 1 aliphatic heterocycles. The number of carbonyl (C=O) groups is 1.